The molecule has 0 bridgehead atoms. The Balaban J connectivity index is 2.40. The lowest BCUT2D eigenvalue weighted by Crippen LogP contribution is -2.13. The van der Waals surface area contributed by atoms with Gasteiger partial charge in [0.2, 0.25) is 0 Å². The van der Waals surface area contributed by atoms with E-state index in [4.69, 9.17) is 5.11 Å². The number of benzene rings is 1. The standard InChI is InChI=1S/C13H13NO2S/c1-14-11(6-7-13(15)16)10-8-17-12-5-3-2-4-9(10)12/h2-8,11,14H,1H3,(H,15,16)/b7-6+. The number of carboxylic acid groups (broad SMARTS) is 1. The van der Waals surface area contributed by atoms with E-state index in [1.807, 2.05) is 19.2 Å². The summed E-state index contributed by atoms with van der Waals surface area (Å²) in [6.45, 7) is 0. The van der Waals surface area contributed by atoms with Crippen LogP contribution in [-0.2, 0) is 4.79 Å². The fourth-order valence-corrected chi connectivity index (χ4v) is 2.77. The van der Waals surface area contributed by atoms with Crippen molar-refractivity contribution in [2.45, 2.75) is 6.04 Å². The molecule has 1 aromatic heterocycles. The Kier molecular flexibility index (Phi) is 3.56. The summed E-state index contributed by atoms with van der Waals surface area (Å²) in [5.41, 5.74) is 1.12. The predicted octanol–water partition coefficient (Wildman–Crippen LogP) is 2.80. The van der Waals surface area contributed by atoms with Gasteiger partial charge in [-0.25, -0.2) is 4.79 Å². The number of aliphatic carboxylic acids is 1. The lowest BCUT2D eigenvalue weighted by Gasteiger charge is -2.10. The molecule has 1 heterocycles. The SMILES string of the molecule is CNC(/C=C/C(=O)O)c1csc2ccccc12. The summed E-state index contributed by atoms with van der Waals surface area (Å²) in [5, 5.41) is 15.0. The molecule has 1 unspecified atom stereocenters. The summed E-state index contributed by atoms with van der Waals surface area (Å²) in [5.74, 6) is -0.926. The zero-order valence-corrected chi connectivity index (χ0v) is 10.2. The van der Waals surface area contributed by atoms with Crippen LogP contribution in [0.4, 0.5) is 0 Å². The van der Waals surface area contributed by atoms with E-state index in [-0.39, 0.29) is 6.04 Å². The zero-order valence-electron chi connectivity index (χ0n) is 9.38. The number of carbonyl (C=O) groups is 1. The van der Waals surface area contributed by atoms with Gasteiger partial charge in [0, 0.05) is 10.8 Å². The molecular weight excluding hydrogens is 234 g/mol. The van der Waals surface area contributed by atoms with Crippen molar-refractivity contribution >= 4 is 27.4 Å². The largest absolute Gasteiger partial charge is 0.478 e. The first-order chi connectivity index (χ1) is 8.22. The second kappa shape index (κ2) is 5.12. The van der Waals surface area contributed by atoms with Crippen LogP contribution in [0.1, 0.15) is 11.6 Å². The number of hydrogen-bond donors (Lipinski definition) is 2. The Morgan fingerprint density at radius 3 is 2.94 bits per heavy atom. The molecule has 0 saturated carbocycles. The van der Waals surface area contributed by atoms with Crippen LogP contribution in [0.25, 0.3) is 10.1 Å². The second-order valence-electron chi connectivity index (χ2n) is 3.65. The third-order valence-corrected chi connectivity index (χ3v) is 3.57. The molecule has 0 radical (unpaired) electrons. The number of carboxylic acids is 1. The monoisotopic (exact) mass is 247 g/mol. The number of hydrogen-bond acceptors (Lipinski definition) is 3. The average Bonchev–Trinajstić information content (AvgIpc) is 2.74. The maximum absolute atomic E-state index is 10.5. The molecule has 0 aliphatic rings. The van der Waals surface area contributed by atoms with Crippen LogP contribution >= 0.6 is 11.3 Å². The summed E-state index contributed by atoms with van der Waals surface area (Å²) >= 11 is 1.67. The number of fused-ring (bicyclic) bond motifs is 1. The highest BCUT2D eigenvalue weighted by Gasteiger charge is 2.11. The van der Waals surface area contributed by atoms with Gasteiger partial charge in [-0.1, -0.05) is 24.3 Å². The van der Waals surface area contributed by atoms with E-state index in [2.05, 4.69) is 22.8 Å². The van der Waals surface area contributed by atoms with E-state index in [1.165, 1.54) is 16.2 Å². The van der Waals surface area contributed by atoms with Gasteiger partial charge in [0.15, 0.2) is 0 Å². The van der Waals surface area contributed by atoms with Crippen LogP contribution in [0.3, 0.4) is 0 Å². The van der Waals surface area contributed by atoms with Crippen molar-refractivity contribution in [3.05, 3.63) is 47.4 Å². The molecule has 4 heteroatoms. The molecule has 1 atom stereocenters. The zero-order chi connectivity index (χ0) is 12.3. The number of rotatable bonds is 4. The minimum Gasteiger partial charge on any atom is -0.478 e. The quantitative estimate of drug-likeness (QED) is 0.817. The van der Waals surface area contributed by atoms with Gasteiger partial charge in [0.05, 0.1) is 6.04 Å². The predicted molar refractivity (Wildman–Crippen MR) is 70.4 cm³/mol. The summed E-state index contributed by atoms with van der Waals surface area (Å²) < 4.78 is 1.21. The van der Waals surface area contributed by atoms with Crippen molar-refractivity contribution in [2.24, 2.45) is 0 Å². The van der Waals surface area contributed by atoms with Crippen LogP contribution in [-0.4, -0.2) is 18.1 Å². The van der Waals surface area contributed by atoms with Gasteiger partial charge >= 0.3 is 5.97 Å². The maximum Gasteiger partial charge on any atom is 0.328 e. The van der Waals surface area contributed by atoms with Gasteiger partial charge in [0.25, 0.3) is 0 Å². The molecule has 2 rings (SSSR count). The lowest BCUT2D eigenvalue weighted by atomic mass is 10.1. The third-order valence-electron chi connectivity index (χ3n) is 2.59. The van der Waals surface area contributed by atoms with Crippen molar-refractivity contribution in [3.63, 3.8) is 0 Å². The van der Waals surface area contributed by atoms with Crippen LogP contribution in [0.5, 0.6) is 0 Å². The van der Waals surface area contributed by atoms with Crippen molar-refractivity contribution in [3.8, 4) is 0 Å². The normalized spacial score (nSPS) is 13.2. The van der Waals surface area contributed by atoms with Gasteiger partial charge in [0.1, 0.15) is 0 Å². The van der Waals surface area contributed by atoms with Crippen molar-refractivity contribution < 1.29 is 9.90 Å². The van der Waals surface area contributed by atoms with Crippen molar-refractivity contribution in [1.82, 2.24) is 5.32 Å². The second-order valence-corrected chi connectivity index (χ2v) is 4.56. The molecule has 2 aromatic rings. The molecule has 2 N–H and O–H groups in total. The Bertz CT molecular complexity index is 559. The van der Waals surface area contributed by atoms with Crippen molar-refractivity contribution in [1.29, 1.82) is 0 Å². The highest BCUT2D eigenvalue weighted by molar-refractivity contribution is 7.17. The molecule has 0 saturated heterocycles. The van der Waals surface area contributed by atoms with Crippen LogP contribution in [0, 0.1) is 0 Å². The van der Waals surface area contributed by atoms with Gasteiger partial charge in [-0.2, -0.15) is 0 Å². The molecule has 17 heavy (non-hydrogen) atoms. The first-order valence-electron chi connectivity index (χ1n) is 5.27. The van der Waals surface area contributed by atoms with E-state index in [1.54, 1.807) is 17.4 Å². The minimum atomic E-state index is -0.926. The van der Waals surface area contributed by atoms with Crippen LogP contribution < -0.4 is 5.32 Å². The average molecular weight is 247 g/mol. The van der Waals surface area contributed by atoms with Gasteiger partial charge in [-0.3, -0.25) is 0 Å². The molecule has 3 nitrogen and oxygen atoms in total. The molecule has 0 fully saturated rings. The Morgan fingerprint density at radius 1 is 1.47 bits per heavy atom. The summed E-state index contributed by atoms with van der Waals surface area (Å²) in [6, 6.07) is 8.05. The van der Waals surface area contributed by atoms with Crippen LogP contribution in [0.15, 0.2) is 41.8 Å². The molecule has 0 aliphatic carbocycles. The summed E-state index contributed by atoms with van der Waals surface area (Å²) in [4.78, 5) is 10.5. The fraction of sp³-hybridized carbons (Fsp3) is 0.154. The first-order valence-corrected chi connectivity index (χ1v) is 6.15. The fourth-order valence-electron chi connectivity index (χ4n) is 1.77. The minimum absolute atomic E-state index is 0.0674. The van der Waals surface area contributed by atoms with Crippen LogP contribution in [0.2, 0.25) is 0 Å². The number of thiophene rings is 1. The first kappa shape index (κ1) is 11.8. The number of nitrogens with one attached hydrogen (secondary N) is 1. The van der Waals surface area contributed by atoms with E-state index < -0.39 is 5.97 Å². The smallest absolute Gasteiger partial charge is 0.328 e. The Labute approximate surface area is 103 Å². The highest BCUT2D eigenvalue weighted by atomic mass is 32.1. The molecule has 0 amide bonds. The molecule has 0 aliphatic heterocycles. The molecule has 88 valence electrons. The lowest BCUT2D eigenvalue weighted by molar-refractivity contribution is -0.131. The number of likely N-dealkylation sites (N-methyl/N-ethyl adjacent to an activating group) is 1. The Morgan fingerprint density at radius 2 is 2.24 bits per heavy atom. The third kappa shape index (κ3) is 2.54. The highest BCUT2D eigenvalue weighted by Crippen LogP contribution is 2.30. The summed E-state index contributed by atoms with van der Waals surface area (Å²) in [7, 11) is 1.82. The van der Waals surface area contributed by atoms with Gasteiger partial charge in [-0.15, -0.1) is 11.3 Å². The summed E-state index contributed by atoms with van der Waals surface area (Å²) in [6.07, 6.45) is 2.84. The topological polar surface area (TPSA) is 49.3 Å². The Hall–Kier alpha value is -1.65. The van der Waals surface area contributed by atoms with Crippen molar-refractivity contribution in [2.75, 3.05) is 7.05 Å². The molecule has 1 aromatic carbocycles. The maximum atomic E-state index is 10.5. The van der Waals surface area contributed by atoms with E-state index in [9.17, 15) is 4.79 Å². The molecule has 0 spiro atoms. The van der Waals surface area contributed by atoms with Gasteiger partial charge in [-0.05, 0) is 29.4 Å². The van der Waals surface area contributed by atoms with E-state index in [0.717, 1.165) is 5.56 Å². The van der Waals surface area contributed by atoms with Gasteiger partial charge < -0.3 is 10.4 Å². The molecular formula is C13H13NO2S. The van der Waals surface area contributed by atoms with E-state index >= 15 is 0 Å². The van der Waals surface area contributed by atoms with E-state index in [0.29, 0.717) is 0 Å².